The number of alkyl halides is 2. The number of nitrogens with zero attached hydrogens (tertiary/aromatic N) is 7. The largest absolute Gasteiger partial charge is 0.369 e. The van der Waals surface area contributed by atoms with Gasteiger partial charge in [-0.05, 0) is 25.0 Å². The molecule has 0 unspecified atom stereocenters. The Balaban J connectivity index is 1.27. The van der Waals surface area contributed by atoms with Crippen LogP contribution in [0.25, 0.3) is 44.8 Å². The Bertz CT molecular complexity index is 1520. The maximum absolute atomic E-state index is 13.7. The van der Waals surface area contributed by atoms with E-state index >= 15 is 0 Å². The van der Waals surface area contributed by atoms with Gasteiger partial charge in [-0.15, -0.1) is 0 Å². The van der Waals surface area contributed by atoms with Crippen molar-refractivity contribution in [2.75, 3.05) is 18.0 Å². The Kier molecular flexibility index (Phi) is 4.06. The molecule has 5 aromatic rings. The number of imidazole rings is 1. The lowest BCUT2D eigenvalue weighted by atomic mass is 10.1. The number of nitrogens with one attached hydrogen (secondary N) is 2. The number of halogens is 2. The van der Waals surface area contributed by atoms with Crippen molar-refractivity contribution in [2.24, 2.45) is 0 Å². The third-order valence-electron chi connectivity index (χ3n) is 6.70. The lowest BCUT2D eigenvalue weighted by Crippen LogP contribution is -2.39. The van der Waals surface area contributed by atoms with Gasteiger partial charge in [0.05, 0.1) is 35.3 Å². The van der Waals surface area contributed by atoms with Crippen LogP contribution in [0.4, 0.5) is 14.5 Å². The Morgan fingerprint density at radius 2 is 1.94 bits per heavy atom. The molecule has 1 saturated carbocycles. The number of H-pyrrole nitrogens is 2. The third-order valence-corrected chi connectivity index (χ3v) is 6.70. The van der Waals surface area contributed by atoms with Crippen LogP contribution in [-0.2, 0) is 0 Å². The van der Waals surface area contributed by atoms with Crippen LogP contribution < -0.4 is 4.90 Å². The summed E-state index contributed by atoms with van der Waals surface area (Å²) in [6, 6.07) is 4.33. The zero-order valence-electron chi connectivity index (χ0n) is 18.2. The zero-order chi connectivity index (χ0) is 22.9. The molecule has 2 aliphatic rings. The number of aromatic amines is 2. The van der Waals surface area contributed by atoms with Crippen LogP contribution in [0, 0.1) is 0 Å². The molecule has 0 bridgehead atoms. The number of aromatic nitrogens is 8. The maximum atomic E-state index is 13.7. The Morgan fingerprint density at radius 1 is 1.09 bits per heavy atom. The van der Waals surface area contributed by atoms with E-state index in [0.29, 0.717) is 23.2 Å². The molecule has 1 aliphatic carbocycles. The fourth-order valence-corrected chi connectivity index (χ4v) is 4.61. The van der Waals surface area contributed by atoms with E-state index in [1.54, 1.807) is 12.4 Å². The first-order valence-corrected chi connectivity index (χ1v) is 11.4. The van der Waals surface area contributed by atoms with Crippen molar-refractivity contribution in [1.29, 1.82) is 0 Å². The molecule has 172 valence electrons. The highest BCUT2D eigenvalue weighted by Crippen LogP contribution is 2.36. The van der Waals surface area contributed by atoms with Crippen LogP contribution in [0.2, 0.25) is 0 Å². The van der Waals surface area contributed by atoms with Gasteiger partial charge < -0.3 is 9.88 Å². The van der Waals surface area contributed by atoms with E-state index in [-0.39, 0.29) is 25.9 Å². The van der Waals surface area contributed by atoms with Crippen LogP contribution >= 0.6 is 0 Å². The lowest BCUT2D eigenvalue weighted by molar-refractivity contribution is -0.0220. The molecule has 1 saturated heterocycles. The molecule has 0 spiro atoms. The van der Waals surface area contributed by atoms with Crippen molar-refractivity contribution >= 4 is 27.8 Å². The third kappa shape index (κ3) is 3.22. The number of hydrogen-bond donors (Lipinski definition) is 2. The van der Waals surface area contributed by atoms with E-state index in [0.717, 1.165) is 33.4 Å². The van der Waals surface area contributed by atoms with Crippen LogP contribution in [0.5, 0.6) is 0 Å². The molecule has 5 aromatic heterocycles. The summed E-state index contributed by atoms with van der Waals surface area (Å²) < 4.78 is 29.3. The molecule has 0 radical (unpaired) electrons. The highest BCUT2D eigenvalue weighted by molar-refractivity contribution is 5.95. The lowest BCUT2D eigenvalue weighted by Gasteiger charge is -2.33. The second-order valence-corrected chi connectivity index (χ2v) is 9.08. The normalized spacial score (nSPS) is 18.2. The first-order chi connectivity index (χ1) is 16.5. The quantitative estimate of drug-likeness (QED) is 0.413. The number of piperidine rings is 1. The average molecular weight is 461 g/mol. The van der Waals surface area contributed by atoms with E-state index in [4.69, 9.17) is 0 Å². The number of pyridine rings is 2. The van der Waals surface area contributed by atoms with E-state index in [9.17, 15) is 8.78 Å². The Labute approximate surface area is 192 Å². The van der Waals surface area contributed by atoms with Gasteiger partial charge in [0.1, 0.15) is 11.2 Å². The second kappa shape index (κ2) is 7.05. The standard InChI is InChI=1S/C23H21F2N9/c24-23(25)4-7-33(8-5-23)18-3-6-26-21-20(18)29-22(30-21)19-15-9-16(27-11-17(15)31-32-19)13-10-28-34(12-13)14-1-2-14/h3,6,9-12,14H,1-2,4-5,7-8H2,(H,31,32)(H,26,29,30). The van der Waals surface area contributed by atoms with Crippen molar-refractivity contribution in [1.82, 2.24) is 39.9 Å². The van der Waals surface area contributed by atoms with E-state index < -0.39 is 5.92 Å². The number of anilines is 1. The smallest absolute Gasteiger partial charge is 0.251 e. The van der Waals surface area contributed by atoms with Crippen LogP contribution in [0.3, 0.4) is 0 Å². The van der Waals surface area contributed by atoms with Gasteiger partial charge >= 0.3 is 0 Å². The van der Waals surface area contributed by atoms with Gasteiger partial charge in [-0.3, -0.25) is 14.8 Å². The molecular weight excluding hydrogens is 440 g/mol. The highest BCUT2D eigenvalue weighted by Gasteiger charge is 2.34. The van der Waals surface area contributed by atoms with Gasteiger partial charge in [-0.2, -0.15) is 10.2 Å². The SMILES string of the molecule is FC1(F)CCN(c2ccnc3nc(-c4n[nH]c5cnc(-c6cnn(C7CC7)c6)cc45)[nH]c23)CC1. The molecule has 7 rings (SSSR count). The summed E-state index contributed by atoms with van der Waals surface area (Å²) in [4.78, 5) is 18.9. The van der Waals surface area contributed by atoms with Gasteiger partial charge in [-0.25, -0.2) is 18.7 Å². The summed E-state index contributed by atoms with van der Waals surface area (Å²) in [6.07, 6.45) is 9.32. The van der Waals surface area contributed by atoms with E-state index in [1.165, 1.54) is 12.8 Å². The summed E-state index contributed by atoms with van der Waals surface area (Å²) in [5.74, 6) is -2.04. The minimum atomic E-state index is -2.60. The Morgan fingerprint density at radius 3 is 2.76 bits per heavy atom. The predicted molar refractivity (Wildman–Crippen MR) is 123 cm³/mol. The molecule has 1 aliphatic heterocycles. The van der Waals surface area contributed by atoms with Crippen molar-refractivity contribution in [3.05, 3.63) is 36.9 Å². The molecule has 2 N–H and O–H groups in total. The van der Waals surface area contributed by atoms with Gasteiger partial charge in [0.15, 0.2) is 11.5 Å². The van der Waals surface area contributed by atoms with Crippen LogP contribution in [0.15, 0.2) is 36.9 Å². The molecule has 0 atom stereocenters. The predicted octanol–water partition coefficient (Wildman–Crippen LogP) is 4.33. The molecule has 9 nitrogen and oxygen atoms in total. The minimum absolute atomic E-state index is 0.158. The summed E-state index contributed by atoms with van der Waals surface area (Å²) in [5, 5.41) is 12.8. The maximum Gasteiger partial charge on any atom is 0.251 e. The monoisotopic (exact) mass is 461 g/mol. The molecule has 11 heteroatoms. The summed E-state index contributed by atoms with van der Waals surface area (Å²) in [5.41, 5.74) is 5.29. The van der Waals surface area contributed by atoms with Gasteiger partial charge in [0.2, 0.25) is 0 Å². The Hall–Kier alpha value is -3.89. The first-order valence-electron chi connectivity index (χ1n) is 11.4. The number of hydrogen-bond acceptors (Lipinski definition) is 6. The molecule has 0 amide bonds. The zero-order valence-corrected chi connectivity index (χ0v) is 18.2. The van der Waals surface area contributed by atoms with Crippen molar-refractivity contribution in [3.8, 4) is 22.8 Å². The van der Waals surface area contributed by atoms with Crippen molar-refractivity contribution < 1.29 is 8.78 Å². The minimum Gasteiger partial charge on any atom is -0.369 e. The van der Waals surface area contributed by atoms with Crippen molar-refractivity contribution in [2.45, 2.75) is 37.6 Å². The van der Waals surface area contributed by atoms with E-state index in [2.05, 4.69) is 35.2 Å². The topological polar surface area (TPSA) is 104 Å². The van der Waals surface area contributed by atoms with E-state index in [1.807, 2.05) is 34.1 Å². The molecule has 34 heavy (non-hydrogen) atoms. The second-order valence-electron chi connectivity index (χ2n) is 9.08. The molecule has 6 heterocycles. The number of fused-ring (bicyclic) bond motifs is 2. The van der Waals surface area contributed by atoms with Gasteiger partial charge in [0.25, 0.3) is 5.92 Å². The summed E-state index contributed by atoms with van der Waals surface area (Å²) >= 11 is 0. The van der Waals surface area contributed by atoms with Crippen molar-refractivity contribution in [3.63, 3.8) is 0 Å². The van der Waals surface area contributed by atoms with Gasteiger partial charge in [0, 0.05) is 49.3 Å². The highest BCUT2D eigenvalue weighted by atomic mass is 19.3. The molecule has 0 aromatic carbocycles. The first kappa shape index (κ1) is 19.6. The summed E-state index contributed by atoms with van der Waals surface area (Å²) in [7, 11) is 0. The number of rotatable bonds is 4. The van der Waals surface area contributed by atoms with Crippen LogP contribution in [-0.4, -0.2) is 58.9 Å². The van der Waals surface area contributed by atoms with Crippen LogP contribution in [0.1, 0.15) is 31.7 Å². The molecular formula is C23H21F2N9. The molecule has 2 fully saturated rings. The fraction of sp³-hybridized carbons (Fsp3) is 0.348. The summed E-state index contributed by atoms with van der Waals surface area (Å²) in [6.45, 7) is 0.574. The average Bonchev–Trinajstić information content (AvgIpc) is 3.22. The fourth-order valence-electron chi connectivity index (χ4n) is 4.61. The van der Waals surface area contributed by atoms with Gasteiger partial charge in [-0.1, -0.05) is 0 Å².